The fourth-order valence-corrected chi connectivity index (χ4v) is 4.38. The molecule has 0 aliphatic heterocycles. The lowest BCUT2D eigenvalue weighted by Crippen LogP contribution is -2.11. The molecule has 0 aliphatic carbocycles. The second-order valence-electron chi connectivity index (χ2n) is 8.53. The van der Waals surface area contributed by atoms with E-state index in [0.29, 0.717) is 0 Å². The fraction of sp³-hybridized carbons (Fsp3) is 0.133. The largest absolute Gasteiger partial charge is 0.310 e. The summed E-state index contributed by atoms with van der Waals surface area (Å²) >= 11 is 0. The first kappa shape index (κ1) is 19.4. The van der Waals surface area contributed by atoms with Crippen LogP contribution < -0.4 is 4.90 Å². The molecule has 0 saturated carbocycles. The van der Waals surface area contributed by atoms with Crippen molar-refractivity contribution in [1.82, 2.24) is 0 Å². The highest BCUT2D eigenvalue weighted by Gasteiger charge is 2.17. The van der Waals surface area contributed by atoms with Gasteiger partial charge in [-0.05, 0) is 96.4 Å². The van der Waals surface area contributed by atoms with E-state index in [2.05, 4.69) is 124 Å². The van der Waals surface area contributed by atoms with Crippen LogP contribution in [0, 0.1) is 27.7 Å². The average molecular weight is 402 g/mol. The summed E-state index contributed by atoms with van der Waals surface area (Å²) in [6, 6.07) is 33.3. The summed E-state index contributed by atoms with van der Waals surface area (Å²) in [6.45, 7) is 8.72. The molecule has 5 aromatic rings. The van der Waals surface area contributed by atoms with Gasteiger partial charge in [0.15, 0.2) is 0 Å². The van der Waals surface area contributed by atoms with E-state index < -0.39 is 0 Å². The summed E-state index contributed by atoms with van der Waals surface area (Å²) in [6.07, 6.45) is 0. The van der Waals surface area contributed by atoms with Crippen molar-refractivity contribution in [2.75, 3.05) is 4.90 Å². The topological polar surface area (TPSA) is 3.24 Å². The van der Waals surface area contributed by atoms with Crippen LogP contribution in [-0.2, 0) is 0 Å². The van der Waals surface area contributed by atoms with E-state index in [1.807, 2.05) is 0 Å². The van der Waals surface area contributed by atoms with Crippen molar-refractivity contribution in [2.24, 2.45) is 0 Å². The highest BCUT2D eigenvalue weighted by molar-refractivity contribution is 6.12. The van der Waals surface area contributed by atoms with Gasteiger partial charge < -0.3 is 4.90 Å². The Labute approximate surface area is 184 Å². The second-order valence-corrected chi connectivity index (χ2v) is 8.53. The highest BCUT2D eigenvalue weighted by Crippen LogP contribution is 2.41. The Morgan fingerprint density at radius 3 is 1.71 bits per heavy atom. The van der Waals surface area contributed by atoms with E-state index in [0.717, 1.165) is 0 Å². The highest BCUT2D eigenvalue weighted by atomic mass is 15.1. The quantitative estimate of drug-likeness (QED) is 0.273. The summed E-state index contributed by atoms with van der Waals surface area (Å²) < 4.78 is 0. The van der Waals surface area contributed by atoms with Crippen molar-refractivity contribution in [2.45, 2.75) is 27.7 Å². The van der Waals surface area contributed by atoms with Gasteiger partial charge in [0.1, 0.15) is 0 Å². The van der Waals surface area contributed by atoms with Crippen molar-refractivity contribution in [3.8, 4) is 0 Å². The Morgan fingerprint density at radius 2 is 1.06 bits per heavy atom. The standard InChI is InChI=1S/C30H27N/c1-20-12-15-25(18-22(20)3)31(26-16-13-21(2)23(4)19-26)30-11-7-10-28-27-9-6-5-8-24(27)14-17-29(28)30/h5-19H,1-4H3. The Morgan fingerprint density at radius 1 is 0.452 bits per heavy atom. The molecule has 0 bridgehead atoms. The zero-order chi connectivity index (χ0) is 21.5. The van der Waals surface area contributed by atoms with Gasteiger partial charge in [-0.1, -0.05) is 60.7 Å². The summed E-state index contributed by atoms with van der Waals surface area (Å²) in [5, 5.41) is 5.11. The molecule has 1 nitrogen and oxygen atoms in total. The summed E-state index contributed by atoms with van der Waals surface area (Å²) in [5.74, 6) is 0. The first-order valence-corrected chi connectivity index (χ1v) is 10.9. The van der Waals surface area contributed by atoms with Crippen LogP contribution in [0.1, 0.15) is 22.3 Å². The molecule has 0 fully saturated rings. The third kappa shape index (κ3) is 3.37. The number of fused-ring (bicyclic) bond motifs is 3. The average Bonchev–Trinajstić information content (AvgIpc) is 2.78. The van der Waals surface area contributed by atoms with Gasteiger partial charge >= 0.3 is 0 Å². The van der Waals surface area contributed by atoms with Gasteiger partial charge in [0.25, 0.3) is 0 Å². The first-order valence-electron chi connectivity index (χ1n) is 10.9. The summed E-state index contributed by atoms with van der Waals surface area (Å²) in [5.41, 5.74) is 8.81. The molecule has 0 aromatic heterocycles. The minimum atomic E-state index is 1.19. The molecule has 5 rings (SSSR count). The zero-order valence-corrected chi connectivity index (χ0v) is 18.6. The molecule has 0 saturated heterocycles. The maximum atomic E-state index is 2.40. The van der Waals surface area contributed by atoms with Gasteiger partial charge in [0.05, 0.1) is 5.69 Å². The van der Waals surface area contributed by atoms with Gasteiger partial charge in [-0.3, -0.25) is 0 Å². The maximum absolute atomic E-state index is 2.40. The Kier molecular flexibility index (Phi) is 4.75. The van der Waals surface area contributed by atoms with Crippen LogP contribution in [0.25, 0.3) is 21.5 Å². The molecule has 0 radical (unpaired) electrons. The molecule has 0 heterocycles. The molecule has 0 unspecified atom stereocenters. The monoisotopic (exact) mass is 401 g/mol. The van der Waals surface area contributed by atoms with Crippen LogP contribution >= 0.6 is 0 Å². The van der Waals surface area contributed by atoms with Gasteiger partial charge in [0, 0.05) is 16.8 Å². The molecule has 0 spiro atoms. The van der Waals surface area contributed by atoms with Crippen LogP contribution in [-0.4, -0.2) is 0 Å². The number of anilines is 3. The number of rotatable bonds is 3. The lowest BCUT2D eigenvalue weighted by atomic mass is 9.99. The van der Waals surface area contributed by atoms with Gasteiger partial charge in [-0.25, -0.2) is 0 Å². The lowest BCUT2D eigenvalue weighted by molar-refractivity contribution is 1.24. The predicted octanol–water partition coefficient (Wildman–Crippen LogP) is 8.70. The zero-order valence-electron chi connectivity index (χ0n) is 18.6. The molecule has 152 valence electrons. The van der Waals surface area contributed by atoms with Crippen LogP contribution in [0.4, 0.5) is 17.1 Å². The second kappa shape index (κ2) is 7.59. The summed E-state index contributed by atoms with van der Waals surface area (Å²) in [4.78, 5) is 2.40. The van der Waals surface area contributed by atoms with Crippen LogP contribution in [0.3, 0.4) is 0 Å². The number of nitrogens with zero attached hydrogens (tertiary/aromatic N) is 1. The van der Waals surface area contributed by atoms with E-state index >= 15 is 0 Å². The number of benzene rings is 5. The molecular weight excluding hydrogens is 374 g/mol. The van der Waals surface area contributed by atoms with E-state index in [-0.39, 0.29) is 0 Å². The van der Waals surface area contributed by atoms with E-state index in [1.54, 1.807) is 0 Å². The third-order valence-electron chi connectivity index (χ3n) is 6.50. The van der Waals surface area contributed by atoms with E-state index in [1.165, 1.54) is 60.9 Å². The fourth-order valence-electron chi connectivity index (χ4n) is 4.38. The Bertz CT molecular complexity index is 1380. The van der Waals surface area contributed by atoms with Gasteiger partial charge in [0.2, 0.25) is 0 Å². The Balaban J connectivity index is 1.82. The molecule has 0 amide bonds. The molecule has 0 N–H and O–H groups in total. The molecule has 31 heavy (non-hydrogen) atoms. The SMILES string of the molecule is Cc1ccc(N(c2ccc(C)c(C)c2)c2cccc3c2ccc2ccccc23)cc1C. The lowest BCUT2D eigenvalue weighted by Gasteiger charge is -2.28. The number of aryl methyl sites for hydroxylation is 4. The first-order chi connectivity index (χ1) is 15.0. The maximum Gasteiger partial charge on any atom is 0.0540 e. The minimum absolute atomic E-state index is 1.19. The smallest absolute Gasteiger partial charge is 0.0540 e. The van der Waals surface area contributed by atoms with E-state index in [4.69, 9.17) is 0 Å². The van der Waals surface area contributed by atoms with Crippen molar-refractivity contribution in [3.05, 3.63) is 113 Å². The molecule has 0 aliphatic rings. The minimum Gasteiger partial charge on any atom is -0.310 e. The Hall–Kier alpha value is -3.58. The molecule has 0 atom stereocenters. The van der Waals surface area contributed by atoms with Crippen molar-refractivity contribution < 1.29 is 0 Å². The summed E-state index contributed by atoms with van der Waals surface area (Å²) in [7, 11) is 0. The van der Waals surface area contributed by atoms with Crippen molar-refractivity contribution in [3.63, 3.8) is 0 Å². The van der Waals surface area contributed by atoms with E-state index in [9.17, 15) is 0 Å². The predicted molar refractivity (Wildman–Crippen MR) is 135 cm³/mol. The normalized spacial score (nSPS) is 11.2. The van der Waals surface area contributed by atoms with Crippen LogP contribution in [0.2, 0.25) is 0 Å². The van der Waals surface area contributed by atoms with Crippen molar-refractivity contribution in [1.29, 1.82) is 0 Å². The van der Waals surface area contributed by atoms with Gasteiger partial charge in [-0.15, -0.1) is 0 Å². The third-order valence-corrected chi connectivity index (χ3v) is 6.50. The molecular formula is C30H27N. The molecule has 5 aromatic carbocycles. The number of hydrogen-bond donors (Lipinski definition) is 0. The molecule has 1 heteroatoms. The van der Waals surface area contributed by atoms with Crippen LogP contribution in [0.5, 0.6) is 0 Å². The number of hydrogen-bond acceptors (Lipinski definition) is 1. The van der Waals surface area contributed by atoms with Gasteiger partial charge in [-0.2, -0.15) is 0 Å². The van der Waals surface area contributed by atoms with Crippen LogP contribution in [0.15, 0.2) is 91.0 Å². The van der Waals surface area contributed by atoms with Crippen molar-refractivity contribution >= 4 is 38.6 Å².